The van der Waals surface area contributed by atoms with Crippen LogP contribution in [-0.4, -0.2) is 15.3 Å². The number of rotatable bonds is 5. The van der Waals surface area contributed by atoms with Crippen LogP contribution in [0, 0.1) is 6.92 Å². The highest BCUT2D eigenvalue weighted by Crippen LogP contribution is 2.29. The van der Waals surface area contributed by atoms with E-state index in [1.807, 2.05) is 43.3 Å². The fourth-order valence-corrected chi connectivity index (χ4v) is 3.67. The number of amides is 1. The maximum atomic E-state index is 12.4. The van der Waals surface area contributed by atoms with E-state index in [1.54, 1.807) is 28.8 Å². The first-order valence-corrected chi connectivity index (χ1v) is 9.64. The van der Waals surface area contributed by atoms with Crippen LogP contribution >= 0.6 is 11.8 Å². The van der Waals surface area contributed by atoms with Gasteiger partial charge in [-0.2, -0.15) is 0 Å². The van der Waals surface area contributed by atoms with Crippen LogP contribution in [0.1, 0.15) is 21.8 Å². The van der Waals surface area contributed by atoms with Gasteiger partial charge in [-0.3, -0.25) is 14.0 Å². The molecule has 0 fully saturated rings. The summed E-state index contributed by atoms with van der Waals surface area (Å²) in [7, 11) is 0. The summed E-state index contributed by atoms with van der Waals surface area (Å²) < 4.78 is 6.68. The molecule has 1 amide bonds. The normalized spacial score (nSPS) is 10.9. The molecule has 0 aliphatic heterocycles. The van der Waals surface area contributed by atoms with E-state index in [9.17, 15) is 9.59 Å². The van der Waals surface area contributed by atoms with Gasteiger partial charge in [0.15, 0.2) is 5.76 Å². The molecule has 140 valence electrons. The molecule has 3 heterocycles. The van der Waals surface area contributed by atoms with Crippen LogP contribution in [0.25, 0.3) is 5.65 Å². The van der Waals surface area contributed by atoms with Crippen molar-refractivity contribution in [3.05, 3.63) is 94.4 Å². The van der Waals surface area contributed by atoms with Gasteiger partial charge in [0.25, 0.3) is 11.5 Å². The molecule has 28 heavy (non-hydrogen) atoms. The van der Waals surface area contributed by atoms with Gasteiger partial charge in [0, 0.05) is 22.9 Å². The number of hydrogen-bond acceptors (Lipinski definition) is 5. The summed E-state index contributed by atoms with van der Waals surface area (Å²) in [5.74, 6) is 0.447. The van der Waals surface area contributed by atoms with Gasteiger partial charge < -0.3 is 9.73 Å². The predicted molar refractivity (Wildman–Crippen MR) is 109 cm³/mol. The molecule has 0 spiro atoms. The highest BCUT2D eigenvalue weighted by Gasteiger charge is 2.12. The predicted octanol–water partition coefficient (Wildman–Crippen LogP) is 4.14. The number of anilines is 1. The van der Waals surface area contributed by atoms with E-state index in [0.717, 1.165) is 10.5 Å². The van der Waals surface area contributed by atoms with E-state index in [2.05, 4.69) is 10.3 Å². The standard InChI is InChI=1S/C21H17N3O3S/c1-14-8-9-19-22-15(11-20(25)24(19)12-14)13-28-18-7-3-2-5-16(18)23-21(26)17-6-4-10-27-17/h2-12H,13H2,1H3,(H,23,26). The number of nitrogens with one attached hydrogen (secondary N) is 1. The molecule has 0 unspecified atom stereocenters. The minimum atomic E-state index is -0.310. The summed E-state index contributed by atoms with van der Waals surface area (Å²) in [5, 5.41) is 2.86. The Morgan fingerprint density at radius 3 is 2.86 bits per heavy atom. The summed E-state index contributed by atoms with van der Waals surface area (Å²) in [6.45, 7) is 1.93. The molecule has 7 heteroatoms. The van der Waals surface area contributed by atoms with Gasteiger partial charge in [-0.25, -0.2) is 4.98 Å². The summed E-state index contributed by atoms with van der Waals surface area (Å²) in [5.41, 5.74) is 2.88. The van der Waals surface area contributed by atoms with E-state index in [0.29, 0.717) is 22.8 Å². The van der Waals surface area contributed by atoms with Crippen LogP contribution in [0.5, 0.6) is 0 Å². The number of fused-ring (bicyclic) bond motifs is 1. The van der Waals surface area contributed by atoms with Crippen molar-refractivity contribution in [2.75, 3.05) is 5.32 Å². The van der Waals surface area contributed by atoms with Gasteiger partial charge in [0.1, 0.15) is 5.65 Å². The van der Waals surface area contributed by atoms with Crippen LogP contribution in [0.4, 0.5) is 5.69 Å². The van der Waals surface area contributed by atoms with Crippen molar-refractivity contribution >= 4 is 29.0 Å². The number of furan rings is 1. The van der Waals surface area contributed by atoms with Crippen molar-refractivity contribution in [3.8, 4) is 0 Å². The molecular weight excluding hydrogens is 374 g/mol. The number of pyridine rings is 1. The second-order valence-corrected chi connectivity index (χ2v) is 7.25. The fourth-order valence-electron chi connectivity index (χ4n) is 2.77. The van der Waals surface area contributed by atoms with Crippen LogP contribution in [0.15, 0.2) is 81.2 Å². The Kier molecular flexibility index (Phi) is 4.99. The van der Waals surface area contributed by atoms with Crippen LogP contribution in [-0.2, 0) is 5.75 Å². The monoisotopic (exact) mass is 391 g/mol. The lowest BCUT2D eigenvalue weighted by atomic mass is 10.3. The van der Waals surface area contributed by atoms with Crippen molar-refractivity contribution in [1.82, 2.24) is 9.38 Å². The maximum Gasteiger partial charge on any atom is 0.291 e. The number of thioether (sulfide) groups is 1. The number of carbonyl (C=O) groups is 1. The van der Waals surface area contributed by atoms with Crippen LogP contribution in [0.2, 0.25) is 0 Å². The summed E-state index contributed by atoms with van der Waals surface area (Å²) >= 11 is 1.50. The topological polar surface area (TPSA) is 76.6 Å². The number of aryl methyl sites for hydroxylation is 1. The Morgan fingerprint density at radius 1 is 1.18 bits per heavy atom. The third kappa shape index (κ3) is 3.84. The van der Waals surface area contributed by atoms with Gasteiger partial charge in [-0.1, -0.05) is 18.2 Å². The first-order valence-electron chi connectivity index (χ1n) is 8.66. The molecule has 0 radical (unpaired) electrons. The van der Waals surface area contributed by atoms with Crippen molar-refractivity contribution in [3.63, 3.8) is 0 Å². The van der Waals surface area contributed by atoms with E-state index >= 15 is 0 Å². The number of aromatic nitrogens is 2. The Balaban J connectivity index is 1.54. The molecule has 0 aliphatic carbocycles. The second-order valence-electron chi connectivity index (χ2n) is 6.24. The smallest absolute Gasteiger partial charge is 0.291 e. The number of benzene rings is 1. The molecule has 4 aromatic rings. The Morgan fingerprint density at radius 2 is 2.04 bits per heavy atom. The molecule has 4 rings (SSSR count). The van der Waals surface area contributed by atoms with Gasteiger partial charge in [0.2, 0.25) is 0 Å². The molecule has 0 bridgehead atoms. The summed E-state index contributed by atoms with van der Waals surface area (Å²) in [6, 6.07) is 16.1. The first kappa shape index (κ1) is 18.1. The maximum absolute atomic E-state index is 12.4. The van der Waals surface area contributed by atoms with Gasteiger partial charge >= 0.3 is 0 Å². The number of nitrogens with zero attached hydrogens (tertiary/aromatic N) is 2. The Bertz CT molecular complexity index is 1200. The van der Waals surface area contributed by atoms with Crippen LogP contribution < -0.4 is 10.9 Å². The molecule has 0 atom stereocenters. The Labute approximate surface area is 165 Å². The van der Waals surface area contributed by atoms with E-state index in [1.165, 1.54) is 18.0 Å². The van der Waals surface area contributed by atoms with Gasteiger partial charge in [-0.15, -0.1) is 11.8 Å². The zero-order chi connectivity index (χ0) is 19.5. The first-order chi connectivity index (χ1) is 13.6. The zero-order valence-corrected chi connectivity index (χ0v) is 15.9. The third-order valence-electron chi connectivity index (χ3n) is 4.12. The van der Waals surface area contributed by atoms with E-state index < -0.39 is 0 Å². The van der Waals surface area contributed by atoms with Crippen molar-refractivity contribution in [2.45, 2.75) is 17.6 Å². The number of hydrogen-bond donors (Lipinski definition) is 1. The van der Waals surface area contributed by atoms with Crippen molar-refractivity contribution in [1.29, 1.82) is 0 Å². The average molecular weight is 391 g/mol. The van der Waals surface area contributed by atoms with Gasteiger partial charge in [0.05, 0.1) is 17.6 Å². The summed E-state index contributed by atoms with van der Waals surface area (Å²) in [4.78, 5) is 30.0. The molecule has 0 saturated heterocycles. The second kappa shape index (κ2) is 7.74. The Hall–Kier alpha value is -3.32. The molecular formula is C21H17N3O3S. The quantitative estimate of drug-likeness (QED) is 0.518. The molecule has 1 N–H and O–H groups in total. The molecule has 3 aromatic heterocycles. The largest absolute Gasteiger partial charge is 0.459 e. The molecule has 0 aliphatic rings. The molecule has 0 saturated carbocycles. The SMILES string of the molecule is Cc1ccc2nc(CSc3ccccc3NC(=O)c3ccco3)cc(=O)n2c1. The van der Waals surface area contributed by atoms with Crippen molar-refractivity contribution < 1.29 is 9.21 Å². The molecule has 1 aromatic carbocycles. The zero-order valence-electron chi connectivity index (χ0n) is 15.1. The lowest BCUT2D eigenvalue weighted by molar-refractivity contribution is 0.0996. The minimum Gasteiger partial charge on any atom is -0.459 e. The third-order valence-corrected chi connectivity index (χ3v) is 5.22. The lowest BCUT2D eigenvalue weighted by Gasteiger charge is -2.10. The van der Waals surface area contributed by atoms with Gasteiger partial charge in [-0.05, 0) is 42.8 Å². The fraction of sp³-hybridized carbons (Fsp3) is 0.0952. The van der Waals surface area contributed by atoms with E-state index in [-0.39, 0.29) is 17.2 Å². The van der Waals surface area contributed by atoms with Crippen molar-refractivity contribution in [2.24, 2.45) is 0 Å². The summed E-state index contributed by atoms with van der Waals surface area (Å²) in [6.07, 6.45) is 3.24. The average Bonchev–Trinajstić information content (AvgIpc) is 3.23. The highest BCUT2D eigenvalue weighted by atomic mass is 32.2. The highest BCUT2D eigenvalue weighted by molar-refractivity contribution is 7.98. The minimum absolute atomic E-state index is 0.108. The van der Waals surface area contributed by atoms with E-state index in [4.69, 9.17) is 4.42 Å². The number of para-hydroxylation sites is 1. The lowest BCUT2D eigenvalue weighted by Crippen LogP contribution is -2.15. The molecule has 6 nitrogen and oxygen atoms in total. The number of carbonyl (C=O) groups excluding carboxylic acids is 1. The van der Waals surface area contributed by atoms with Crippen LogP contribution in [0.3, 0.4) is 0 Å².